The Bertz CT molecular complexity index is 501. The van der Waals surface area contributed by atoms with Crippen molar-refractivity contribution >= 4 is 5.95 Å². The van der Waals surface area contributed by atoms with Gasteiger partial charge in [0.15, 0.2) is 0 Å². The van der Waals surface area contributed by atoms with Crippen molar-refractivity contribution in [2.45, 2.75) is 31.7 Å². The van der Waals surface area contributed by atoms with Gasteiger partial charge in [-0.3, -0.25) is 0 Å². The Morgan fingerprint density at radius 3 is 2.86 bits per heavy atom. The maximum absolute atomic E-state index is 4.38. The van der Waals surface area contributed by atoms with Gasteiger partial charge in [0, 0.05) is 31.5 Å². The molecular formula is C17H24N4. The molecule has 4 unspecified atom stereocenters. The van der Waals surface area contributed by atoms with E-state index in [1.807, 2.05) is 18.5 Å². The van der Waals surface area contributed by atoms with Crippen LogP contribution in [0, 0.1) is 17.8 Å². The van der Waals surface area contributed by atoms with E-state index < -0.39 is 0 Å². The van der Waals surface area contributed by atoms with Crippen LogP contribution in [0.1, 0.15) is 25.7 Å². The highest BCUT2D eigenvalue weighted by molar-refractivity contribution is 5.29. The molecule has 4 atom stereocenters. The van der Waals surface area contributed by atoms with Crippen molar-refractivity contribution in [3.05, 3.63) is 30.6 Å². The molecule has 1 aromatic rings. The predicted molar refractivity (Wildman–Crippen MR) is 84.1 cm³/mol. The number of piperidine rings is 1. The summed E-state index contributed by atoms with van der Waals surface area (Å²) in [5.74, 6) is 3.47. The minimum atomic E-state index is 0.589. The Labute approximate surface area is 126 Å². The summed E-state index contributed by atoms with van der Waals surface area (Å²) in [4.78, 5) is 11.1. The normalized spacial score (nSPS) is 34.6. The Morgan fingerprint density at radius 2 is 2.10 bits per heavy atom. The van der Waals surface area contributed by atoms with Gasteiger partial charge in [0.25, 0.3) is 0 Å². The van der Waals surface area contributed by atoms with E-state index in [1.165, 1.54) is 32.2 Å². The molecule has 0 aromatic carbocycles. The first-order valence-electron chi connectivity index (χ1n) is 8.32. The van der Waals surface area contributed by atoms with Crippen molar-refractivity contribution in [1.82, 2.24) is 15.3 Å². The van der Waals surface area contributed by atoms with Crippen LogP contribution in [0.5, 0.6) is 0 Å². The van der Waals surface area contributed by atoms with Crippen LogP contribution in [0.2, 0.25) is 0 Å². The quantitative estimate of drug-likeness (QED) is 0.861. The molecule has 0 radical (unpaired) electrons. The lowest BCUT2D eigenvalue weighted by atomic mass is 9.93. The van der Waals surface area contributed by atoms with Gasteiger partial charge in [-0.2, -0.15) is 0 Å². The van der Waals surface area contributed by atoms with Crippen LogP contribution in [-0.2, 0) is 0 Å². The summed E-state index contributed by atoms with van der Waals surface area (Å²) in [7, 11) is 0. The fourth-order valence-electron chi connectivity index (χ4n) is 4.23. The molecule has 1 saturated heterocycles. The summed E-state index contributed by atoms with van der Waals surface area (Å²) in [6.07, 6.45) is 13.9. The monoisotopic (exact) mass is 284 g/mol. The second kappa shape index (κ2) is 5.76. The van der Waals surface area contributed by atoms with Gasteiger partial charge in [-0.25, -0.2) is 9.97 Å². The van der Waals surface area contributed by atoms with E-state index >= 15 is 0 Å². The molecule has 2 aliphatic carbocycles. The zero-order valence-electron chi connectivity index (χ0n) is 12.5. The van der Waals surface area contributed by atoms with Crippen LogP contribution in [0.3, 0.4) is 0 Å². The third-order valence-corrected chi connectivity index (χ3v) is 5.34. The van der Waals surface area contributed by atoms with Crippen molar-refractivity contribution in [2.24, 2.45) is 17.8 Å². The smallest absolute Gasteiger partial charge is 0.225 e. The first-order valence-corrected chi connectivity index (χ1v) is 8.32. The fraction of sp³-hybridized carbons (Fsp3) is 0.647. The molecule has 21 heavy (non-hydrogen) atoms. The molecule has 1 aromatic heterocycles. The molecule has 3 aliphatic rings. The van der Waals surface area contributed by atoms with Gasteiger partial charge in [0.2, 0.25) is 5.95 Å². The molecule has 4 heteroatoms. The largest absolute Gasteiger partial charge is 0.339 e. The van der Waals surface area contributed by atoms with E-state index in [2.05, 4.69) is 32.3 Å². The summed E-state index contributed by atoms with van der Waals surface area (Å²) in [5.41, 5.74) is 0. The molecule has 0 amide bonds. The predicted octanol–water partition coefficient (Wildman–Crippen LogP) is 2.25. The van der Waals surface area contributed by atoms with Crippen molar-refractivity contribution in [1.29, 1.82) is 0 Å². The Balaban J connectivity index is 1.31. The van der Waals surface area contributed by atoms with Gasteiger partial charge < -0.3 is 10.2 Å². The highest BCUT2D eigenvalue weighted by atomic mass is 15.3. The zero-order chi connectivity index (χ0) is 14.1. The van der Waals surface area contributed by atoms with Crippen LogP contribution in [-0.4, -0.2) is 35.6 Å². The Kier molecular flexibility index (Phi) is 3.63. The van der Waals surface area contributed by atoms with Crippen LogP contribution in [0.25, 0.3) is 0 Å². The lowest BCUT2D eigenvalue weighted by molar-refractivity contribution is 0.353. The number of anilines is 1. The second-order valence-electron chi connectivity index (χ2n) is 6.78. The van der Waals surface area contributed by atoms with Crippen LogP contribution >= 0.6 is 0 Å². The van der Waals surface area contributed by atoms with Crippen LogP contribution < -0.4 is 10.2 Å². The van der Waals surface area contributed by atoms with Crippen LogP contribution in [0.15, 0.2) is 30.6 Å². The average Bonchev–Trinajstić information content (AvgIpc) is 3.17. The molecule has 1 saturated carbocycles. The van der Waals surface area contributed by atoms with E-state index in [4.69, 9.17) is 0 Å². The number of aromatic nitrogens is 2. The maximum Gasteiger partial charge on any atom is 0.225 e. The van der Waals surface area contributed by atoms with E-state index in [0.717, 1.165) is 36.8 Å². The molecule has 1 aliphatic heterocycles. The van der Waals surface area contributed by atoms with Gasteiger partial charge in [0.05, 0.1) is 0 Å². The van der Waals surface area contributed by atoms with Gasteiger partial charge in [-0.15, -0.1) is 0 Å². The number of fused-ring (bicyclic) bond motifs is 2. The molecule has 0 spiro atoms. The van der Waals surface area contributed by atoms with Crippen molar-refractivity contribution in [2.75, 3.05) is 24.5 Å². The zero-order valence-corrected chi connectivity index (χ0v) is 12.5. The molecule has 1 N–H and O–H groups in total. The van der Waals surface area contributed by atoms with Gasteiger partial charge in [-0.05, 0) is 56.0 Å². The topological polar surface area (TPSA) is 41.0 Å². The molecule has 2 fully saturated rings. The number of hydrogen-bond donors (Lipinski definition) is 1. The fourth-order valence-corrected chi connectivity index (χ4v) is 4.23. The Morgan fingerprint density at radius 1 is 1.19 bits per heavy atom. The number of allylic oxidation sites excluding steroid dienone is 2. The van der Waals surface area contributed by atoms with Crippen LogP contribution in [0.4, 0.5) is 5.95 Å². The standard InChI is InChI=1S/C17H24N4/c1-3-16(12-21(8-1)17-18-6-2-7-19-17)20-11-15-10-13-4-5-14(15)9-13/h2,4-7,13-16,20H,1,3,8-12H2. The van der Waals surface area contributed by atoms with Crippen molar-refractivity contribution in [3.8, 4) is 0 Å². The number of hydrogen-bond acceptors (Lipinski definition) is 4. The van der Waals surface area contributed by atoms with Gasteiger partial charge in [0.1, 0.15) is 0 Å². The van der Waals surface area contributed by atoms with Crippen molar-refractivity contribution in [3.63, 3.8) is 0 Å². The third-order valence-electron chi connectivity index (χ3n) is 5.34. The highest BCUT2D eigenvalue weighted by Crippen LogP contribution is 2.43. The van der Waals surface area contributed by atoms with E-state index in [1.54, 1.807) is 0 Å². The molecule has 4 nitrogen and oxygen atoms in total. The first kappa shape index (κ1) is 13.3. The molecule has 4 rings (SSSR count). The van der Waals surface area contributed by atoms with E-state index in [9.17, 15) is 0 Å². The summed E-state index contributed by atoms with van der Waals surface area (Å²) < 4.78 is 0. The summed E-state index contributed by atoms with van der Waals surface area (Å²) in [5, 5.41) is 3.82. The van der Waals surface area contributed by atoms with Gasteiger partial charge in [-0.1, -0.05) is 12.2 Å². The average molecular weight is 284 g/mol. The van der Waals surface area contributed by atoms with Crippen molar-refractivity contribution < 1.29 is 0 Å². The SMILES string of the molecule is C1=CC2CC1CC2CNC1CCCN(c2ncccn2)C1. The van der Waals surface area contributed by atoms with E-state index in [0.29, 0.717) is 6.04 Å². The molecular weight excluding hydrogens is 260 g/mol. The maximum atomic E-state index is 4.38. The lowest BCUT2D eigenvalue weighted by Crippen LogP contribution is -2.47. The number of rotatable bonds is 4. The first-order chi connectivity index (χ1) is 10.4. The third kappa shape index (κ3) is 2.82. The van der Waals surface area contributed by atoms with E-state index in [-0.39, 0.29) is 0 Å². The number of nitrogens with one attached hydrogen (secondary N) is 1. The lowest BCUT2D eigenvalue weighted by Gasteiger charge is -2.34. The molecule has 112 valence electrons. The molecule has 2 heterocycles. The summed E-state index contributed by atoms with van der Waals surface area (Å²) >= 11 is 0. The van der Waals surface area contributed by atoms with Gasteiger partial charge >= 0.3 is 0 Å². The summed E-state index contributed by atoms with van der Waals surface area (Å²) in [6.45, 7) is 3.30. The second-order valence-corrected chi connectivity index (χ2v) is 6.78. The number of nitrogens with zero attached hydrogens (tertiary/aromatic N) is 3. The minimum absolute atomic E-state index is 0.589. The Hall–Kier alpha value is -1.42. The highest BCUT2D eigenvalue weighted by Gasteiger charge is 2.35. The minimum Gasteiger partial charge on any atom is -0.339 e. The molecule has 2 bridgehead atoms. The summed E-state index contributed by atoms with van der Waals surface area (Å²) in [6, 6.07) is 2.47.